The maximum Gasteiger partial charge on any atom is 0.113 e. The monoisotopic (exact) mass is 570 g/mol. The molecule has 0 amide bonds. The SMILES string of the molecule is CCCCCCCCCCCCCCOCCC(COCCCCCCCCCCCCCC)[NH+](C)CCCN. The van der Waals surface area contributed by atoms with Crippen molar-refractivity contribution in [2.75, 3.05) is 46.6 Å². The van der Waals surface area contributed by atoms with Crippen molar-refractivity contribution in [1.29, 1.82) is 0 Å². The maximum absolute atomic E-state index is 6.16. The first-order valence-electron chi connectivity index (χ1n) is 18.4. The van der Waals surface area contributed by atoms with E-state index in [2.05, 4.69) is 20.9 Å². The minimum Gasteiger partial charge on any atom is -0.381 e. The van der Waals surface area contributed by atoms with Crippen LogP contribution in [0.15, 0.2) is 0 Å². The second kappa shape index (κ2) is 35.0. The second-order valence-corrected chi connectivity index (χ2v) is 12.7. The third-order valence-electron chi connectivity index (χ3n) is 8.69. The highest BCUT2D eigenvalue weighted by Gasteiger charge is 2.18. The molecule has 0 aromatic carbocycles. The summed E-state index contributed by atoms with van der Waals surface area (Å²) in [5.74, 6) is 0. The molecule has 40 heavy (non-hydrogen) atoms. The second-order valence-electron chi connectivity index (χ2n) is 12.7. The van der Waals surface area contributed by atoms with Crippen molar-refractivity contribution in [1.82, 2.24) is 0 Å². The summed E-state index contributed by atoms with van der Waals surface area (Å²) in [5, 5.41) is 0. The highest BCUT2D eigenvalue weighted by Crippen LogP contribution is 2.13. The summed E-state index contributed by atoms with van der Waals surface area (Å²) in [6.07, 6.45) is 35.6. The van der Waals surface area contributed by atoms with Gasteiger partial charge in [0, 0.05) is 26.1 Å². The number of ether oxygens (including phenoxy) is 2. The van der Waals surface area contributed by atoms with Gasteiger partial charge in [0.2, 0.25) is 0 Å². The summed E-state index contributed by atoms with van der Waals surface area (Å²) in [4.78, 5) is 1.55. The fourth-order valence-electron chi connectivity index (χ4n) is 5.70. The van der Waals surface area contributed by atoms with E-state index in [1.165, 1.54) is 154 Å². The fraction of sp³-hybridized carbons (Fsp3) is 1.00. The van der Waals surface area contributed by atoms with Crippen LogP contribution in [-0.4, -0.2) is 52.6 Å². The highest BCUT2D eigenvalue weighted by atomic mass is 16.5. The molecule has 4 heteroatoms. The molecule has 0 fully saturated rings. The van der Waals surface area contributed by atoms with Crippen LogP contribution in [0.3, 0.4) is 0 Å². The highest BCUT2D eigenvalue weighted by molar-refractivity contribution is 4.56. The van der Waals surface area contributed by atoms with Crippen molar-refractivity contribution < 1.29 is 14.4 Å². The van der Waals surface area contributed by atoms with E-state index in [9.17, 15) is 0 Å². The largest absolute Gasteiger partial charge is 0.381 e. The molecule has 0 rings (SSSR count). The Kier molecular flexibility index (Phi) is 34.9. The Balaban J connectivity index is 3.68. The van der Waals surface area contributed by atoms with E-state index >= 15 is 0 Å². The van der Waals surface area contributed by atoms with Gasteiger partial charge < -0.3 is 20.1 Å². The lowest BCUT2D eigenvalue weighted by atomic mass is 10.1. The van der Waals surface area contributed by atoms with Crippen molar-refractivity contribution in [2.24, 2.45) is 5.73 Å². The van der Waals surface area contributed by atoms with Gasteiger partial charge in [-0.3, -0.25) is 0 Å². The molecule has 0 saturated heterocycles. The molecule has 0 aliphatic rings. The van der Waals surface area contributed by atoms with Crippen LogP contribution in [0.4, 0.5) is 0 Å². The molecule has 242 valence electrons. The van der Waals surface area contributed by atoms with Crippen LogP contribution in [0, 0.1) is 0 Å². The Morgan fingerprint density at radius 3 is 1.25 bits per heavy atom. The van der Waals surface area contributed by atoms with Gasteiger partial charge >= 0.3 is 0 Å². The number of likely N-dealkylation sites (N-methyl/N-ethyl adjacent to an activating group) is 1. The number of hydrogen-bond donors (Lipinski definition) is 2. The number of rotatable bonds is 35. The van der Waals surface area contributed by atoms with E-state index in [0.717, 1.165) is 52.4 Å². The Bertz CT molecular complexity index is 449. The molecule has 4 nitrogen and oxygen atoms in total. The minimum atomic E-state index is 0.519. The first-order chi connectivity index (χ1) is 19.8. The standard InChI is InChI=1S/C36H76N2O2/c1-4-6-8-10-12-14-16-18-20-22-24-26-32-39-34-29-36(38(3)31-28-30-37)35-40-33-27-25-23-21-19-17-15-13-11-9-7-5-2/h36H,4-35,37H2,1-3H3/p+1. The summed E-state index contributed by atoms with van der Waals surface area (Å²) in [7, 11) is 2.30. The number of unbranched alkanes of at least 4 members (excludes halogenated alkanes) is 22. The first-order valence-corrected chi connectivity index (χ1v) is 18.4. The zero-order chi connectivity index (χ0) is 29.2. The summed E-state index contributed by atoms with van der Waals surface area (Å²) in [6, 6.07) is 0.519. The van der Waals surface area contributed by atoms with E-state index in [-0.39, 0.29) is 0 Å². The fourth-order valence-corrected chi connectivity index (χ4v) is 5.70. The summed E-state index contributed by atoms with van der Waals surface area (Å²) in [5.41, 5.74) is 5.77. The molecule has 2 unspecified atom stereocenters. The van der Waals surface area contributed by atoms with Gasteiger partial charge in [0.25, 0.3) is 0 Å². The van der Waals surface area contributed by atoms with Gasteiger partial charge in [-0.15, -0.1) is 0 Å². The van der Waals surface area contributed by atoms with Gasteiger partial charge in [0.05, 0.1) is 26.8 Å². The van der Waals surface area contributed by atoms with Crippen molar-refractivity contribution in [3.63, 3.8) is 0 Å². The number of nitrogens with two attached hydrogens (primary N) is 1. The third-order valence-corrected chi connectivity index (χ3v) is 8.69. The van der Waals surface area contributed by atoms with Gasteiger partial charge in [0.1, 0.15) is 6.04 Å². The quantitative estimate of drug-likeness (QED) is 0.0749. The normalized spacial score (nSPS) is 13.2. The Hall–Kier alpha value is -0.160. The molecule has 0 aliphatic carbocycles. The lowest BCUT2D eigenvalue weighted by Crippen LogP contribution is -3.13. The molecule has 0 saturated carbocycles. The number of hydrogen-bond acceptors (Lipinski definition) is 3. The maximum atomic E-state index is 6.16. The smallest absolute Gasteiger partial charge is 0.113 e. The molecule has 3 N–H and O–H groups in total. The minimum absolute atomic E-state index is 0.519. The van der Waals surface area contributed by atoms with Gasteiger partial charge in [0.15, 0.2) is 0 Å². The van der Waals surface area contributed by atoms with E-state index in [1.54, 1.807) is 4.90 Å². The zero-order valence-corrected chi connectivity index (χ0v) is 28.1. The topological polar surface area (TPSA) is 48.9 Å². The van der Waals surface area contributed by atoms with Gasteiger partial charge in [-0.25, -0.2) is 0 Å². The van der Waals surface area contributed by atoms with Crippen LogP contribution in [0.5, 0.6) is 0 Å². The van der Waals surface area contributed by atoms with E-state index in [1.807, 2.05) is 0 Å². The lowest BCUT2D eigenvalue weighted by Gasteiger charge is -2.25. The van der Waals surface area contributed by atoms with Crippen LogP contribution >= 0.6 is 0 Å². The van der Waals surface area contributed by atoms with Crippen molar-refractivity contribution in [2.45, 2.75) is 187 Å². The molecule has 2 atom stereocenters. The summed E-state index contributed by atoms with van der Waals surface area (Å²) in [6.45, 7) is 10.1. The van der Waals surface area contributed by atoms with Crippen LogP contribution in [0.25, 0.3) is 0 Å². The average Bonchev–Trinajstić information content (AvgIpc) is 2.96. The lowest BCUT2D eigenvalue weighted by molar-refractivity contribution is -0.907. The van der Waals surface area contributed by atoms with Crippen LogP contribution in [0.2, 0.25) is 0 Å². The first kappa shape index (κ1) is 39.8. The van der Waals surface area contributed by atoms with Gasteiger partial charge in [-0.05, 0) is 19.4 Å². The molecule has 0 heterocycles. The molecule has 0 aromatic rings. The van der Waals surface area contributed by atoms with Crippen molar-refractivity contribution >= 4 is 0 Å². The third kappa shape index (κ3) is 30.8. The molecule has 0 radical (unpaired) electrons. The van der Waals surface area contributed by atoms with Gasteiger partial charge in [-0.1, -0.05) is 155 Å². The van der Waals surface area contributed by atoms with Crippen LogP contribution in [-0.2, 0) is 9.47 Å². The van der Waals surface area contributed by atoms with E-state index in [4.69, 9.17) is 15.2 Å². The van der Waals surface area contributed by atoms with Crippen molar-refractivity contribution in [3.8, 4) is 0 Å². The molecular formula is C36H77N2O2+. The molecule has 0 spiro atoms. The van der Waals surface area contributed by atoms with E-state index < -0.39 is 0 Å². The van der Waals surface area contributed by atoms with E-state index in [0.29, 0.717) is 6.04 Å². The zero-order valence-electron chi connectivity index (χ0n) is 28.1. The predicted octanol–water partition coefficient (Wildman–Crippen LogP) is 9.04. The van der Waals surface area contributed by atoms with Crippen molar-refractivity contribution in [3.05, 3.63) is 0 Å². The molecule has 0 aliphatic heterocycles. The van der Waals surface area contributed by atoms with Gasteiger partial charge in [-0.2, -0.15) is 0 Å². The number of nitrogens with one attached hydrogen (secondary N) is 1. The Morgan fingerprint density at radius 2 is 0.850 bits per heavy atom. The van der Waals surface area contributed by atoms with Crippen LogP contribution < -0.4 is 10.6 Å². The Morgan fingerprint density at radius 1 is 0.475 bits per heavy atom. The summed E-state index contributed by atoms with van der Waals surface area (Å²) < 4.78 is 12.2. The van der Waals surface area contributed by atoms with Crippen LogP contribution in [0.1, 0.15) is 181 Å². The molecule has 0 bridgehead atoms. The Labute approximate surface area is 253 Å². The summed E-state index contributed by atoms with van der Waals surface area (Å²) >= 11 is 0. The predicted molar refractivity (Wildman–Crippen MR) is 178 cm³/mol. The number of quaternary nitrogens is 1. The molecule has 0 aromatic heterocycles. The molecular weight excluding hydrogens is 492 g/mol. The average molecular weight is 570 g/mol.